The Morgan fingerprint density at radius 2 is 2.00 bits per heavy atom. The quantitative estimate of drug-likeness (QED) is 0.882. The second-order valence-corrected chi connectivity index (χ2v) is 5.00. The first-order valence-corrected chi connectivity index (χ1v) is 6.35. The fraction of sp³-hybridized carbons (Fsp3) is 0.250. The molecule has 0 fully saturated rings. The molecule has 0 bridgehead atoms. The zero-order chi connectivity index (χ0) is 11.5. The van der Waals surface area contributed by atoms with E-state index in [0.717, 1.165) is 5.13 Å². The number of aryl methyl sites for hydroxylation is 1. The molecular weight excluding hydrogens is 240 g/mol. The van der Waals surface area contributed by atoms with Gasteiger partial charge in [-0.2, -0.15) is 0 Å². The number of benzene rings is 1. The van der Waals surface area contributed by atoms with E-state index in [0.29, 0.717) is 5.15 Å². The summed E-state index contributed by atoms with van der Waals surface area (Å²) in [5, 5.41) is 6.55. The number of hydrogen-bond donors (Lipinski definition) is 1. The maximum absolute atomic E-state index is 5.77. The van der Waals surface area contributed by atoms with Crippen LogP contribution < -0.4 is 5.32 Å². The number of hydrogen-bond acceptors (Lipinski definition) is 3. The molecule has 1 aromatic carbocycles. The van der Waals surface area contributed by atoms with Gasteiger partial charge in [0, 0.05) is 5.38 Å². The van der Waals surface area contributed by atoms with Crippen LogP contribution in [0, 0.1) is 6.92 Å². The number of nitrogens with one attached hydrogen (secondary N) is 1. The van der Waals surface area contributed by atoms with Crippen molar-refractivity contribution < 1.29 is 0 Å². The van der Waals surface area contributed by atoms with Gasteiger partial charge in [0.2, 0.25) is 0 Å². The fourth-order valence-corrected chi connectivity index (χ4v) is 2.37. The monoisotopic (exact) mass is 252 g/mol. The van der Waals surface area contributed by atoms with Gasteiger partial charge in [0.15, 0.2) is 5.13 Å². The van der Waals surface area contributed by atoms with E-state index in [4.69, 9.17) is 11.6 Å². The van der Waals surface area contributed by atoms with E-state index in [1.165, 1.54) is 22.5 Å². The van der Waals surface area contributed by atoms with E-state index < -0.39 is 0 Å². The fourth-order valence-electron chi connectivity index (χ4n) is 1.44. The zero-order valence-electron chi connectivity index (χ0n) is 9.20. The molecule has 1 heterocycles. The predicted molar refractivity (Wildman–Crippen MR) is 70.3 cm³/mol. The maximum atomic E-state index is 5.77. The molecular formula is C12H13ClN2S. The molecule has 0 aliphatic heterocycles. The third kappa shape index (κ3) is 2.74. The second-order valence-electron chi connectivity index (χ2n) is 3.75. The Hall–Kier alpha value is -1.06. The van der Waals surface area contributed by atoms with Crippen LogP contribution in [0.25, 0.3) is 0 Å². The highest BCUT2D eigenvalue weighted by Crippen LogP contribution is 2.24. The van der Waals surface area contributed by atoms with Crippen LogP contribution in [0.4, 0.5) is 5.13 Å². The van der Waals surface area contributed by atoms with Crippen LogP contribution >= 0.6 is 22.9 Å². The lowest BCUT2D eigenvalue weighted by molar-refractivity contribution is 0.881. The molecule has 2 rings (SSSR count). The number of anilines is 1. The molecule has 0 amide bonds. The molecule has 1 aromatic heterocycles. The summed E-state index contributed by atoms with van der Waals surface area (Å²) in [6.07, 6.45) is 0. The summed E-state index contributed by atoms with van der Waals surface area (Å²) in [7, 11) is 0. The van der Waals surface area contributed by atoms with Gasteiger partial charge in [-0.15, -0.1) is 11.3 Å². The van der Waals surface area contributed by atoms with Crippen LogP contribution in [-0.2, 0) is 0 Å². The highest BCUT2D eigenvalue weighted by Gasteiger charge is 2.07. The SMILES string of the molecule is Cc1ccc(C(C)Nc2nc(Cl)cs2)cc1. The molecule has 0 spiro atoms. The number of halogens is 1. The van der Waals surface area contributed by atoms with Crippen molar-refractivity contribution in [2.75, 3.05) is 5.32 Å². The lowest BCUT2D eigenvalue weighted by Crippen LogP contribution is -2.06. The molecule has 84 valence electrons. The first-order chi connectivity index (χ1) is 7.65. The van der Waals surface area contributed by atoms with E-state index in [9.17, 15) is 0 Å². The molecule has 2 nitrogen and oxygen atoms in total. The molecule has 2 aromatic rings. The van der Waals surface area contributed by atoms with Crippen molar-refractivity contribution in [2.24, 2.45) is 0 Å². The largest absolute Gasteiger partial charge is 0.355 e. The van der Waals surface area contributed by atoms with Crippen molar-refractivity contribution in [3.05, 3.63) is 45.9 Å². The summed E-state index contributed by atoms with van der Waals surface area (Å²) in [5.41, 5.74) is 2.52. The molecule has 0 aliphatic carbocycles. The van der Waals surface area contributed by atoms with E-state index in [1.54, 1.807) is 0 Å². The van der Waals surface area contributed by atoms with Gasteiger partial charge in [-0.05, 0) is 19.4 Å². The summed E-state index contributed by atoms with van der Waals surface area (Å²) in [6.45, 7) is 4.20. The maximum Gasteiger partial charge on any atom is 0.184 e. The molecule has 4 heteroatoms. The number of thiazole rings is 1. The molecule has 1 N–H and O–H groups in total. The van der Waals surface area contributed by atoms with E-state index >= 15 is 0 Å². The average molecular weight is 253 g/mol. The van der Waals surface area contributed by atoms with Crippen LogP contribution in [0.3, 0.4) is 0 Å². The van der Waals surface area contributed by atoms with Gasteiger partial charge in [-0.25, -0.2) is 4.98 Å². The highest BCUT2D eigenvalue weighted by atomic mass is 35.5. The van der Waals surface area contributed by atoms with Crippen molar-refractivity contribution in [3.63, 3.8) is 0 Å². The first kappa shape index (κ1) is 11.4. The lowest BCUT2D eigenvalue weighted by atomic mass is 10.1. The van der Waals surface area contributed by atoms with Gasteiger partial charge in [0.05, 0.1) is 6.04 Å². The molecule has 1 unspecified atom stereocenters. The Morgan fingerprint density at radius 1 is 1.31 bits per heavy atom. The van der Waals surface area contributed by atoms with Gasteiger partial charge < -0.3 is 5.32 Å². The molecule has 0 saturated carbocycles. The van der Waals surface area contributed by atoms with Crippen molar-refractivity contribution in [1.82, 2.24) is 4.98 Å². The summed E-state index contributed by atoms with van der Waals surface area (Å²) < 4.78 is 0. The molecule has 16 heavy (non-hydrogen) atoms. The van der Waals surface area contributed by atoms with Gasteiger partial charge >= 0.3 is 0 Å². The molecule has 0 aliphatic rings. The normalized spacial score (nSPS) is 12.4. The summed E-state index contributed by atoms with van der Waals surface area (Å²) in [6, 6.07) is 8.72. The Balaban J connectivity index is 2.08. The number of rotatable bonds is 3. The predicted octanol–water partition coefficient (Wildman–Crippen LogP) is 4.28. The number of nitrogens with zero attached hydrogens (tertiary/aromatic N) is 1. The van der Waals surface area contributed by atoms with Crippen molar-refractivity contribution in [2.45, 2.75) is 19.9 Å². The molecule has 0 saturated heterocycles. The second kappa shape index (κ2) is 4.85. The summed E-state index contributed by atoms with van der Waals surface area (Å²) in [4.78, 5) is 4.17. The average Bonchev–Trinajstić information content (AvgIpc) is 2.65. The van der Waals surface area contributed by atoms with E-state index in [2.05, 4.69) is 48.4 Å². The standard InChI is InChI=1S/C12H13ClN2S/c1-8-3-5-10(6-4-8)9(2)14-12-15-11(13)7-16-12/h3-7,9H,1-2H3,(H,14,15). The third-order valence-electron chi connectivity index (χ3n) is 2.39. The van der Waals surface area contributed by atoms with Crippen LogP contribution in [0.1, 0.15) is 24.1 Å². The lowest BCUT2D eigenvalue weighted by Gasteiger charge is -2.13. The number of aromatic nitrogens is 1. The Kier molecular flexibility index (Phi) is 3.46. The first-order valence-electron chi connectivity index (χ1n) is 5.09. The third-order valence-corrected chi connectivity index (χ3v) is 3.49. The van der Waals surface area contributed by atoms with Crippen LogP contribution in [-0.4, -0.2) is 4.98 Å². The van der Waals surface area contributed by atoms with Gasteiger partial charge in [-0.1, -0.05) is 41.4 Å². The van der Waals surface area contributed by atoms with E-state index in [1.807, 2.05) is 5.38 Å². The Labute approximate surface area is 104 Å². The Bertz CT molecular complexity index is 464. The smallest absolute Gasteiger partial charge is 0.184 e. The minimum atomic E-state index is 0.239. The minimum Gasteiger partial charge on any atom is -0.355 e. The van der Waals surface area contributed by atoms with E-state index in [-0.39, 0.29) is 6.04 Å². The van der Waals surface area contributed by atoms with Crippen molar-refractivity contribution in [1.29, 1.82) is 0 Å². The minimum absolute atomic E-state index is 0.239. The zero-order valence-corrected chi connectivity index (χ0v) is 10.8. The van der Waals surface area contributed by atoms with Gasteiger partial charge in [-0.3, -0.25) is 0 Å². The van der Waals surface area contributed by atoms with Crippen molar-refractivity contribution >= 4 is 28.1 Å². The van der Waals surface area contributed by atoms with Gasteiger partial charge in [0.25, 0.3) is 0 Å². The summed E-state index contributed by atoms with van der Waals surface area (Å²) >= 11 is 7.29. The van der Waals surface area contributed by atoms with Crippen LogP contribution in [0.2, 0.25) is 5.15 Å². The van der Waals surface area contributed by atoms with Crippen molar-refractivity contribution in [3.8, 4) is 0 Å². The van der Waals surface area contributed by atoms with Crippen LogP contribution in [0.5, 0.6) is 0 Å². The highest BCUT2D eigenvalue weighted by molar-refractivity contribution is 7.14. The van der Waals surface area contributed by atoms with Gasteiger partial charge in [0.1, 0.15) is 5.15 Å². The van der Waals surface area contributed by atoms with Crippen LogP contribution in [0.15, 0.2) is 29.6 Å². The Morgan fingerprint density at radius 3 is 2.56 bits per heavy atom. The summed E-state index contributed by atoms with van der Waals surface area (Å²) in [5.74, 6) is 0. The molecule has 1 atom stereocenters. The molecule has 0 radical (unpaired) electrons. The topological polar surface area (TPSA) is 24.9 Å².